The van der Waals surface area contributed by atoms with Crippen LogP contribution in [0.4, 0.5) is 0 Å². The molecule has 0 aliphatic heterocycles. The third-order valence-corrected chi connectivity index (χ3v) is 3.19. The molecule has 0 aliphatic carbocycles. The van der Waals surface area contributed by atoms with Crippen LogP contribution in [0.5, 0.6) is 0 Å². The van der Waals surface area contributed by atoms with E-state index < -0.39 is 82.3 Å². The topological polar surface area (TPSA) is 371 Å². The number of carbonyl (C=O) groups excluding carboxylic acids is 6. The Morgan fingerprint density at radius 1 is 0.438 bits per heavy atom. The quantitative estimate of drug-likeness (QED) is 0.0650. The second kappa shape index (κ2) is 27.9. The van der Waals surface area contributed by atoms with Crippen molar-refractivity contribution in [1.29, 1.82) is 0 Å². The molecule has 0 aromatic rings. The van der Waals surface area contributed by atoms with Gasteiger partial charge in [-0.05, 0) is 6.92 Å². The molecule has 0 radical (unpaired) electrons. The molecule has 0 fully saturated rings. The number of allylic oxidation sites excluding steroid dienone is 1. The van der Waals surface area contributed by atoms with E-state index in [1.807, 2.05) is 0 Å². The minimum atomic E-state index is -1.89. The first kappa shape index (κ1) is 51.0. The SMILES string of the molecule is C=C(C)OC(C)=O.CO.COC(=O)/C(O)=C(\O)C(=O)O.COC(=O)/C(OC(C)=O)=C(\OC(C)=O)C(=O)OC.O=C(O)/C(O)=C(\O)C(=O)O.[H+]. The van der Waals surface area contributed by atoms with Gasteiger partial charge < -0.3 is 69.3 Å². The van der Waals surface area contributed by atoms with Crippen molar-refractivity contribution in [3.63, 3.8) is 0 Å². The molecule has 0 rings (SSSR count). The van der Waals surface area contributed by atoms with Crippen LogP contribution in [0.15, 0.2) is 46.9 Å². The summed E-state index contributed by atoms with van der Waals surface area (Å²) >= 11 is 0. The van der Waals surface area contributed by atoms with E-state index in [0.29, 0.717) is 5.76 Å². The van der Waals surface area contributed by atoms with E-state index in [4.69, 9.17) is 40.9 Å². The highest BCUT2D eigenvalue weighted by Crippen LogP contribution is 2.13. The second-order valence-electron chi connectivity index (χ2n) is 6.93. The first-order valence-electron chi connectivity index (χ1n) is 11.5. The van der Waals surface area contributed by atoms with E-state index in [1.165, 1.54) is 6.92 Å². The first-order chi connectivity index (χ1) is 21.9. The molecule has 23 heteroatoms. The molecule has 0 heterocycles. The molecule has 0 unspecified atom stereocenters. The summed E-state index contributed by atoms with van der Waals surface area (Å²) < 4.78 is 25.9. The van der Waals surface area contributed by atoms with Crippen molar-refractivity contribution in [2.24, 2.45) is 0 Å². The zero-order chi connectivity index (χ0) is 39.5. The zero-order valence-electron chi connectivity index (χ0n) is 27.4. The van der Waals surface area contributed by atoms with Gasteiger partial charge in [0.1, 0.15) is 0 Å². The molecule has 272 valence electrons. The average Bonchev–Trinajstić information content (AvgIpc) is 3.00. The maximum absolute atomic E-state index is 11.3. The van der Waals surface area contributed by atoms with Crippen LogP contribution in [0.25, 0.3) is 0 Å². The summed E-state index contributed by atoms with van der Waals surface area (Å²) in [5.74, 6) is -18.5. The van der Waals surface area contributed by atoms with Crippen molar-refractivity contribution in [2.75, 3.05) is 28.4 Å². The lowest BCUT2D eigenvalue weighted by Gasteiger charge is -2.10. The number of methoxy groups -OCH3 is 3. The Morgan fingerprint density at radius 2 is 0.667 bits per heavy atom. The molecular weight excluding hydrogens is 668 g/mol. The molecule has 23 nitrogen and oxygen atoms in total. The smallest absolute Gasteiger partial charge is 0.499 e. The number of hydrogen-bond acceptors (Lipinski definition) is 20. The molecule has 0 bridgehead atoms. The predicted molar refractivity (Wildman–Crippen MR) is 150 cm³/mol. The van der Waals surface area contributed by atoms with Crippen LogP contribution in [-0.2, 0) is 71.6 Å². The van der Waals surface area contributed by atoms with Crippen molar-refractivity contribution in [3.8, 4) is 0 Å². The van der Waals surface area contributed by atoms with Gasteiger partial charge in [-0.1, -0.05) is 6.58 Å². The fourth-order valence-electron chi connectivity index (χ4n) is 1.58. The van der Waals surface area contributed by atoms with E-state index in [9.17, 15) is 43.2 Å². The lowest BCUT2D eigenvalue weighted by atomic mass is 10.4. The van der Waals surface area contributed by atoms with Crippen molar-refractivity contribution in [1.82, 2.24) is 0 Å². The highest BCUT2D eigenvalue weighted by molar-refractivity contribution is 6.00. The van der Waals surface area contributed by atoms with Crippen LogP contribution in [0.2, 0.25) is 0 Å². The summed E-state index contributed by atoms with van der Waals surface area (Å²) in [4.78, 5) is 93.9. The van der Waals surface area contributed by atoms with E-state index in [-0.39, 0.29) is 7.40 Å². The van der Waals surface area contributed by atoms with Gasteiger partial charge >= 0.3 is 55.2 Å². The molecule has 0 saturated heterocycles. The Kier molecular flexibility index (Phi) is 29.6. The van der Waals surface area contributed by atoms with Gasteiger partial charge in [0.05, 0.1) is 27.1 Å². The highest BCUT2D eigenvalue weighted by atomic mass is 16.6. The Hall–Kier alpha value is -6.65. The minimum Gasteiger partial charge on any atom is -0.499 e. The fraction of sp³-hybridized carbons (Fsp3) is 0.320. The molecule has 0 atom stereocenters. The van der Waals surface area contributed by atoms with Crippen LogP contribution >= 0.6 is 0 Å². The number of carbonyl (C=O) groups is 9. The molecule has 0 amide bonds. The highest BCUT2D eigenvalue weighted by Gasteiger charge is 2.29. The van der Waals surface area contributed by atoms with Gasteiger partial charge in [0.25, 0.3) is 34.6 Å². The normalized spacial score (nSPS) is 10.5. The van der Waals surface area contributed by atoms with Crippen LogP contribution in [0, 0.1) is 0 Å². The number of ether oxygens (including phenoxy) is 6. The summed E-state index contributed by atoms with van der Waals surface area (Å²) in [7, 11) is 3.93. The molecule has 48 heavy (non-hydrogen) atoms. The Morgan fingerprint density at radius 3 is 0.812 bits per heavy atom. The van der Waals surface area contributed by atoms with Gasteiger partial charge in [-0.3, -0.25) is 14.4 Å². The Bertz CT molecular complexity index is 1230. The molecule has 8 N–H and O–H groups in total. The third kappa shape index (κ3) is 25.8. The Balaban J connectivity index is -0.000000130. The van der Waals surface area contributed by atoms with E-state index in [1.54, 1.807) is 6.92 Å². The maximum Gasteiger partial charge on any atom is 1.00 e. The van der Waals surface area contributed by atoms with Gasteiger partial charge in [-0.2, -0.15) is 0 Å². The standard InChI is InChI=1S/C10H12O8.C5H6O6.C5H8O2.C4H4O6.CH4O/c1-5(11)17-7(9(13)15-3)8(10(14)16-4)18-6(2)12;1-11-5(10)3(7)2(6)4(8)9;1-4(2)7-5(3)6;5-1(3(7)8)2(6)4(9)10;1-2/h1-4H3;6-7H,1H3,(H,8,9);1H2,2-3H3;5-6H,(H,7,8)(H,9,10);2H,1H3/p+1/b8-7+;3-2+;;2-1+;. The van der Waals surface area contributed by atoms with Crippen molar-refractivity contribution in [2.45, 2.75) is 27.7 Å². The monoisotopic (exact) mass is 703 g/mol. The van der Waals surface area contributed by atoms with Crippen LogP contribution < -0.4 is 0 Å². The molecule has 0 aromatic carbocycles. The van der Waals surface area contributed by atoms with Gasteiger partial charge in [-0.25, -0.2) is 28.8 Å². The van der Waals surface area contributed by atoms with Crippen molar-refractivity contribution < 1.29 is 114 Å². The maximum atomic E-state index is 11.3. The van der Waals surface area contributed by atoms with Crippen molar-refractivity contribution >= 4 is 53.7 Å². The number of hydrogen-bond donors (Lipinski definition) is 8. The summed E-state index contributed by atoms with van der Waals surface area (Å²) in [6.07, 6.45) is 0. The predicted octanol–water partition coefficient (Wildman–Crippen LogP) is -0.471. The number of aliphatic carboxylic acids is 3. The molecule has 0 spiro atoms. The number of carboxylic acid groups (broad SMARTS) is 3. The van der Waals surface area contributed by atoms with E-state index in [0.717, 1.165) is 42.3 Å². The number of esters is 6. The largest absolute Gasteiger partial charge is 1.00 e. The molecule has 0 aromatic heterocycles. The lowest BCUT2D eigenvalue weighted by Crippen LogP contribution is -2.21. The lowest BCUT2D eigenvalue weighted by molar-refractivity contribution is -0.154. The van der Waals surface area contributed by atoms with Gasteiger partial charge in [0, 0.05) is 27.9 Å². The van der Waals surface area contributed by atoms with Gasteiger partial charge in [0.15, 0.2) is 0 Å². The number of aliphatic hydroxyl groups excluding tert-OH is 5. The molecular formula is C25H35O23+. The van der Waals surface area contributed by atoms with E-state index >= 15 is 0 Å². The molecule has 0 aliphatic rings. The van der Waals surface area contributed by atoms with Crippen LogP contribution in [0.1, 0.15) is 29.1 Å². The van der Waals surface area contributed by atoms with Crippen LogP contribution in [-0.4, -0.2) is 123 Å². The summed E-state index contributed by atoms with van der Waals surface area (Å²) in [5.41, 5.74) is 0. The van der Waals surface area contributed by atoms with Crippen molar-refractivity contribution in [3.05, 3.63) is 46.9 Å². The number of rotatable bonds is 9. The number of aliphatic hydroxyl groups is 5. The fourth-order valence-corrected chi connectivity index (χ4v) is 1.58. The first-order valence-corrected chi connectivity index (χ1v) is 11.5. The number of carboxylic acids is 3. The molecule has 0 saturated carbocycles. The average molecular weight is 704 g/mol. The van der Waals surface area contributed by atoms with Gasteiger partial charge in [-0.15, -0.1) is 0 Å². The Labute approximate surface area is 271 Å². The van der Waals surface area contributed by atoms with Crippen LogP contribution in [0.3, 0.4) is 0 Å². The zero-order valence-corrected chi connectivity index (χ0v) is 26.4. The second-order valence-corrected chi connectivity index (χ2v) is 6.93. The van der Waals surface area contributed by atoms with E-state index in [2.05, 4.69) is 35.0 Å². The summed E-state index contributed by atoms with van der Waals surface area (Å²) in [6, 6.07) is 0. The summed E-state index contributed by atoms with van der Waals surface area (Å²) in [6.45, 7) is 8.30. The minimum absolute atomic E-state index is 0. The third-order valence-electron chi connectivity index (χ3n) is 3.19. The van der Waals surface area contributed by atoms with Gasteiger partial charge in [0.2, 0.25) is 0 Å². The summed E-state index contributed by atoms with van der Waals surface area (Å²) in [5, 5.41) is 64.1.